The first kappa shape index (κ1) is 14.2. The van der Waals surface area contributed by atoms with Gasteiger partial charge in [0.1, 0.15) is 22.9 Å². The van der Waals surface area contributed by atoms with Gasteiger partial charge in [-0.05, 0) is 30.2 Å². The third kappa shape index (κ3) is 2.43. The maximum atomic E-state index is 14.2. The number of carboxylic acids is 1. The van der Waals surface area contributed by atoms with E-state index in [1.165, 1.54) is 12.1 Å². The van der Waals surface area contributed by atoms with Crippen LogP contribution in [0, 0.1) is 5.82 Å². The molecule has 3 rings (SSSR count). The third-order valence-corrected chi connectivity index (χ3v) is 3.35. The van der Waals surface area contributed by atoms with Crippen molar-refractivity contribution < 1.29 is 28.5 Å². The molecule has 0 saturated carbocycles. The summed E-state index contributed by atoms with van der Waals surface area (Å²) >= 11 is 0. The SMILES string of the molecule is CCc1ccc(Oc2ccc3c(c2)OCO3)c(C(=O)O)c1F. The largest absolute Gasteiger partial charge is 0.477 e. The summed E-state index contributed by atoms with van der Waals surface area (Å²) in [4.78, 5) is 11.3. The molecule has 0 amide bonds. The third-order valence-electron chi connectivity index (χ3n) is 3.35. The Kier molecular flexibility index (Phi) is 3.58. The van der Waals surface area contributed by atoms with Crippen molar-refractivity contribution in [2.24, 2.45) is 0 Å². The maximum absolute atomic E-state index is 14.2. The normalized spacial score (nSPS) is 12.3. The van der Waals surface area contributed by atoms with Gasteiger partial charge in [-0.15, -0.1) is 0 Å². The Morgan fingerprint density at radius 3 is 2.77 bits per heavy atom. The Morgan fingerprint density at radius 1 is 1.27 bits per heavy atom. The highest BCUT2D eigenvalue weighted by Gasteiger charge is 2.21. The molecule has 1 N–H and O–H groups in total. The summed E-state index contributed by atoms with van der Waals surface area (Å²) in [6, 6.07) is 7.79. The van der Waals surface area contributed by atoms with Crippen molar-refractivity contribution in [2.75, 3.05) is 6.79 Å². The molecule has 0 radical (unpaired) electrons. The molecule has 2 aromatic carbocycles. The summed E-state index contributed by atoms with van der Waals surface area (Å²) < 4.78 is 30.1. The predicted octanol–water partition coefficient (Wildman–Crippen LogP) is 3.61. The van der Waals surface area contributed by atoms with E-state index >= 15 is 0 Å². The molecule has 6 heteroatoms. The van der Waals surface area contributed by atoms with E-state index in [4.69, 9.17) is 14.2 Å². The summed E-state index contributed by atoms with van der Waals surface area (Å²) in [5.74, 6) is -0.772. The van der Waals surface area contributed by atoms with Gasteiger partial charge in [0.05, 0.1) is 0 Å². The fraction of sp³-hybridized carbons (Fsp3) is 0.188. The molecule has 0 aromatic heterocycles. The minimum absolute atomic E-state index is 0.0546. The molecule has 0 unspecified atom stereocenters. The Balaban J connectivity index is 1.98. The van der Waals surface area contributed by atoms with Crippen LogP contribution in [0.3, 0.4) is 0 Å². The van der Waals surface area contributed by atoms with Crippen LogP contribution in [0.5, 0.6) is 23.0 Å². The van der Waals surface area contributed by atoms with E-state index in [1.54, 1.807) is 25.1 Å². The van der Waals surface area contributed by atoms with Gasteiger partial charge >= 0.3 is 5.97 Å². The molecular weight excluding hydrogens is 291 g/mol. The maximum Gasteiger partial charge on any atom is 0.342 e. The number of hydrogen-bond donors (Lipinski definition) is 1. The molecule has 0 aliphatic carbocycles. The van der Waals surface area contributed by atoms with E-state index < -0.39 is 17.3 Å². The number of fused-ring (bicyclic) bond motifs is 1. The molecule has 22 heavy (non-hydrogen) atoms. The number of halogens is 1. The fourth-order valence-electron chi connectivity index (χ4n) is 2.23. The quantitative estimate of drug-likeness (QED) is 0.934. The second-order valence-corrected chi connectivity index (χ2v) is 4.69. The molecule has 1 heterocycles. The highest BCUT2D eigenvalue weighted by Crippen LogP contribution is 2.37. The molecule has 0 atom stereocenters. The summed E-state index contributed by atoms with van der Waals surface area (Å²) in [5.41, 5.74) is -0.146. The molecule has 2 aromatic rings. The van der Waals surface area contributed by atoms with E-state index in [1.807, 2.05) is 0 Å². The van der Waals surface area contributed by atoms with Gasteiger partial charge in [0.25, 0.3) is 0 Å². The van der Waals surface area contributed by atoms with E-state index in [9.17, 15) is 14.3 Å². The van der Waals surface area contributed by atoms with Gasteiger partial charge in [0, 0.05) is 6.07 Å². The van der Waals surface area contributed by atoms with Crippen LogP contribution < -0.4 is 14.2 Å². The number of aryl methyl sites for hydroxylation is 1. The number of aromatic carboxylic acids is 1. The number of carboxylic acid groups (broad SMARTS) is 1. The Labute approximate surface area is 125 Å². The highest BCUT2D eigenvalue weighted by atomic mass is 19.1. The molecule has 0 bridgehead atoms. The van der Waals surface area contributed by atoms with Crippen molar-refractivity contribution in [3.8, 4) is 23.0 Å². The van der Waals surface area contributed by atoms with Crippen LogP contribution in [0.2, 0.25) is 0 Å². The van der Waals surface area contributed by atoms with Gasteiger partial charge in [-0.2, -0.15) is 0 Å². The summed E-state index contributed by atoms with van der Waals surface area (Å²) in [5, 5.41) is 9.23. The minimum atomic E-state index is -1.37. The lowest BCUT2D eigenvalue weighted by atomic mass is 10.1. The van der Waals surface area contributed by atoms with E-state index in [-0.39, 0.29) is 12.5 Å². The molecule has 114 valence electrons. The average Bonchev–Trinajstić information content (AvgIpc) is 2.94. The van der Waals surface area contributed by atoms with E-state index in [2.05, 4.69) is 0 Å². The van der Waals surface area contributed by atoms with Gasteiger partial charge in [0.15, 0.2) is 11.5 Å². The molecule has 0 spiro atoms. The zero-order chi connectivity index (χ0) is 15.7. The minimum Gasteiger partial charge on any atom is -0.477 e. The first-order valence-corrected chi connectivity index (χ1v) is 6.72. The predicted molar refractivity (Wildman–Crippen MR) is 75.4 cm³/mol. The Bertz CT molecular complexity index is 742. The Morgan fingerprint density at radius 2 is 2.05 bits per heavy atom. The summed E-state index contributed by atoms with van der Waals surface area (Å²) in [7, 11) is 0. The molecule has 1 aliphatic heterocycles. The highest BCUT2D eigenvalue weighted by molar-refractivity contribution is 5.91. The van der Waals surface area contributed by atoms with Crippen LogP contribution in [0.4, 0.5) is 4.39 Å². The number of benzene rings is 2. The number of rotatable bonds is 4. The molecule has 0 fully saturated rings. The van der Waals surface area contributed by atoms with Crippen LogP contribution in [0.25, 0.3) is 0 Å². The van der Waals surface area contributed by atoms with Gasteiger partial charge in [-0.3, -0.25) is 0 Å². The van der Waals surface area contributed by atoms with Gasteiger partial charge in [-0.1, -0.05) is 13.0 Å². The lowest BCUT2D eigenvalue weighted by Crippen LogP contribution is -2.06. The van der Waals surface area contributed by atoms with Gasteiger partial charge in [0.2, 0.25) is 6.79 Å². The molecule has 0 saturated heterocycles. The number of hydrogen-bond acceptors (Lipinski definition) is 4. The van der Waals surface area contributed by atoms with Crippen LogP contribution >= 0.6 is 0 Å². The second-order valence-electron chi connectivity index (χ2n) is 4.69. The van der Waals surface area contributed by atoms with Crippen molar-refractivity contribution >= 4 is 5.97 Å². The lowest BCUT2D eigenvalue weighted by molar-refractivity contribution is 0.0688. The summed E-state index contributed by atoms with van der Waals surface area (Å²) in [6.07, 6.45) is 0.399. The topological polar surface area (TPSA) is 65.0 Å². The van der Waals surface area contributed by atoms with Crippen molar-refractivity contribution in [1.82, 2.24) is 0 Å². The first-order chi connectivity index (χ1) is 10.6. The first-order valence-electron chi connectivity index (χ1n) is 6.72. The van der Waals surface area contributed by atoms with Crippen LogP contribution in [0.1, 0.15) is 22.8 Å². The van der Waals surface area contributed by atoms with Crippen LogP contribution in [-0.4, -0.2) is 17.9 Å². The second kappa shape index (κ2) is 5.55. The zero-order valence-electron chi connectivity index (χ0n) is 11.8. The molecule has 5 nitrogen and oxygen atoms in total. The standard InChI is InChI=1S/C16H13FO5/c1-2-9-3-5-12(14(15(9)17)16(18)19)22-10-4-6-11-13(7-10)21-8-20-11/h3-7H,2,8H2,1H3,(H,18,19). The monoisotopic (exact) mass is 304 g/mol. The van der Waals surface area contributed by atoms with Gasteiger partial charge in [-0.25, -0.2) is 9.18 Å². The number of carbonyl (C=O) groups is 1. The lowest BCUT2D eigenvalue weighted by Gasteiger charge is -2.12. The van der Waals surface area contributed by atoms with Crippen molar-refractivity contribution in [3.05, 3.63) is 47.3 Å². The smallest absolute Gasteiger partial charge is 0.342 e. The average molecular weight is 304 g/mol. The van der Waals surface area contributed by atoms with Crippen molar-refractivity contribution in [3.63, 3.8) is 0 Å². The Hall–Kier alpha value is -2.76. The van der Waals surface area contributed by atoms with Crippen LogP contribution in [0.15, 0.2) is 30.3 Å². The van der Waals surface area contributed by atoms with E-state index in [0.717, 1.165) is 0 Å². The zero-order valence-corrected chi connectivity index (χ0v) is 11.8. The summed E-state index contributed by atoms with van der Waals surface area (Å²) in [6.45, 7) is 1.88. The fourth-order valence-corrected chi connectivity index (χ4v) is 2.23. The van der Waals surface area contributed by atoms with Crippen molar-refractivity contribution in [1.29, 1.82) is 0 Å². The van der Waals surface area contributed by atoms with Crippen LogP contribution in [-0.2, 0) is 6.42 Å². The number of ether oxygens (including phenoxy) is 3. The van der Waals surface area contributed by atoms with E-state index in [0.29, 0.717) is 29.2 Å². The van der Waals surface area contributed by atoms with Gasteiger partial charge < -0.3 is 19.3 Å². The molecule has 1 aliphatic rings. The molecular formula is C16H13FO5. The van der Waals surface area contributed by atoms with Crippen molar-refractivity contribution in [2.45, 2.75) is 13.3 Å².